The number of oxazole rings is 1. The van der Waals surface area contributed by atoms with Crippen LogP contribution >= 0.6 is 0 Å². The molecule has 60 valence electrons. The van der Waals surface area contributed by atoms with Gasteiger partial charge in [0.2, 0.25) is 0 Å². The molecule has 0 aliphatic heterocycles. The van der Waals surface area contributed by atoms with Crippen molar-refractivity contribution in [3.63, 3.8) is 0 Å². The molecule has 0 spiro atoms. The zero-order valence-corrected chi connectivity index (χ0v) is 6.18. The second-order valence-corrected chi connectivity index (χ2v) is 2.23. The lowest BCUT2D eigenvalue weighted by molar-refractivity contribution is 0.0926. The number of nitrogens with zero attached hydrogens (tertiary/aromatic N) is 2. The van der Waals surface area contributed by atoms with E-state index in [9.17, 15) is 4.79 Å². The smallest absolute Gasteiger partial charge is 0.317 e. The van der Waals surface area contributed by atoms with Crippen LogP contribution in [0.3, 0.4) is 0 Å². The lowest BCUT2D eigenvalue weighted by Gasteiger charge is -1.94. The van der Waals surface area contributed by atoms with Crippen molar-refractivity contribution < 1.29 is 9.21 Å². The van der Waals surface area contributed by atoms with Gasteiger partial charge in [-0.3, -0.25) is 9.36 Å². The molecule has 0 saturated carbocycles. The summed E-state index contributed by atoms with van der Waals surface area (Å²) < 4.78 is 6.25. The number of rotatable bonds is 1. The van der Waals surface area contributed by atoms with E-state index in [-0.39, 0.29) is 11.8 Å². The van der Waals surface area contributed by atoms with Gasteiger partial charge in [0.1, 0.15) is 6.26 Å². The fraction of sp³-hybridized carbons (Fsp3) is 0. The maximum Gasteiger partial charge on any atom is 0.317 e. The van der Waals surface area contributed by atoms with Gasteiger partial charge in [0.05, 0.1) is 6.20 Å². The Balaban J connectivity index is 2.34. The topological polar surface area (TPSA) is 48.0 Å². The Morgan fingerprint density at radius 3 is 2.75 bits per heavy atom. The molecule has 0 aliphatic carbocycles. The van der Waals surface area contributed by atoms with E-state index in [0.29, 0.717) is 0 Å². The van der Waals surface area contributed by atoms with Crippen molar-refractivity contribution in [2.75, 3.05) is 0 Å². The molecule has 12 heavy (non-hydrogen) atoms. The van der Waals surface area contributed by atoms with Crippen LogP contribution in [-0.2, 0) is 0 Å². The van der Waals surface area contributed by atoms with Gasteiger partial charge in [0.25, 0.3) is 5.89 Å². The average molecular weight is 162 g/mol. The Morgan fingerprint density at radius 1 is 1.42 bits per heavy atom. The second kappa shape index (κ2) is 2.65. The largest absolute Gasteiger partial charge is 0.441 e. The predicted octanol–water partition coefficient (Wildman–Crippen LogP) is 1.16. The number of carbonyl (C=O) groups is 1. The van der Waals surface area contributed by atoms with Crippen LogP contribution in [0.25, 0.3) is 0 Å². The molecule has 2 rings (SSSR count). The van der Waals surface area contributed by atoms with Gasteiger partial charge in [-0.05, 0) is 12.1 Å². The molecule has 0 aliphatic rings. The molecule has 0 saturated heterocycles. The third-order valence-electron chi connectivity index (χ3n) is 1.45. The van der Waals surface area contributed by atoms with Crippen molar-refractivity contribution in [1.82, 2.24) is 9.55 Å². The Morgan fingerprint density at radius 2 is 2.17 bits per heavy atom. The molecule has 0 bridgehead atoms. The van der Waals surface area contributed by atoms with E-state index in [4.69, 9.17) is 4.42 Å². The molecule has 0 unspecified atom stereocenters. The van der Waals surface area contributed by atoms with E-state index in [1.165, 1.54) is 17.0 Å². The third-order valence-corrected chi connectivity index (χ3v) is 1.45. The average Bonchev–Trinajstić information content (AvgIpc) is 2.77. The lowest BCUT2D eigenvalue weighted by Crippen LogP contribution is -2.09. The van der Waals surface area contributed by atoms with E-state index in [2.05, 4.69) is 4.98 Å². The first-order valence-corrected chi connectivity index (χ1v) is 3.45. The van der Waals surface area contributed by atoms with Gasteiger partial charge in [-0.1, -0.05) is 0 Å². The van der Waals surface area contributed by atoms with Crippen LogP contribution < -0.4 is 0 Å². The normalized spacial score (nSPS) is 10.0. The van der Waals surface area contributed by atoms with Crippen LogP contribution in [0.15, 0.2) is 41.4 Å². The second-order valence-electron chi connectivity index (χ2n) is 2.23. The highest BCUT2D eigenvalue weighted by atomic mass is 16.3. The summed E-state index contributed by atoms with van der Waals surface area (Å²) in [6, 6.07) is 3.53. The van der Waals surface area contributed by atoms with Crippen molar-refractivity contribution in [2.45, 2.75) is 0 Å². The van der Waals surface area contributed by atoms with Crippen LogP contribution in [0.2, 0.25) is 0 Å². The standard InChI is InChI=1S/C8H6N2O2/c11-8(7-9-3-6-12-7)10-4-1-2-5-10/h1-6H. The molecule has 4 nitrogen and oxygen atoms in total. The first-order chi connectivity index (χ1) is 5.88. The van der Waals surface area contributed by atoms with E-state index in [1.807, 2.05) is 0 Å². The Bertz CT molecular complexity index is 325. The fourth-order valence-corrected chi connectivity index (χ4v) is 0.909. The molecule has 0 fully saturated rings. The SMILES string of the molecule is O=C(c1ncco1)n1cccc1. The molecular formula is C8H6N2O2. The molecule has 0 amide bonds. The van der Waals surface area contributed by atoms with Gasteiger partial charge < -0.3 is 4.42 Å². The molecule has 4 heteroatoms. The van der Waals surface area contributed by atoms with Crippen molar-refractivity contribution in [3.8, 4) is 0 Å². The minimum Gasteiger partial charge on any atom is -0.441 e. The van der Waals surface area contributed by atoms with E-state index < -0.39 is 0 Å². The number of hydrogen-bond acceptors (Lipinski definition) is 3. The van der Waals surface area contributed by atoms with Crippen molar-refractivity contribution >= 4 is 5.91 Å². The summed E-state index contributed by atoms with van der Waals surface area (Å²) in [5.41, 5.74) is 0. The molecule has 0 aromatic carbocycles. The highest BCUT2D eigenvalue weighted by Crippen LogP contribution is 1.99. The van der Waals surface area contributed by atoms with Gasteiger partial charge in [-0.2, -0.15) is 0 Å². The summed E-state index contributed by atoms with van der Waals surface area (Å²) in [4.78, 5) is 15.1. The number of aromatic nitrogens is 2. The zero-order valence-electron chi connectivity index (χ0n) is 6.18. The summed E-state index contributed by atoms with van der Waals surface area (Å²) in [5.74, 6) is -0.156. The molecule has 0 atom stereocenters. The van der Waals surface area contributed by atoms with E-state index in [0.717, 1.165) is 0 Å². The van der Waals surface area contributed by atoms with Gasteiger partial charge in [-0.25, -0.2) is 4.98 Å². The molecule has 2 heterocycles. The molecule has 0 N–H and O–H groups in total. The molecular weight excluding hydrogens is 156 g/mol. The number of hydrogen-bond donors (Lipinski definition) is 0. The van der Waals surface area contributed by atoms with Crippen LogP contribution in [0.4, 0.5) is 0 Å². The first-order valence-electron chi connectivity index (χ1n) is 3.45. The highest BCUT2D eigenvalue weighted by molar-refractivity contribution is 5.91. The minimum absolute atomic E-state index is 0.103. The van der Waals surface area contributed by atoms with Crippen LogP contribution in [0.1, 0.15) is 10.7 Å². The maximum atomic E-state index is 11.4. The first kappa shape index (κ1) is 6.84. The third kappa shape index (κ3) is 1.03. The fourth-order valence-electron chi connectivity index (χ4n) is 0.909. The lowest BCUT2D eigenvalue weighted by atomic mass is 10.6. The van der Waals surface area contributed by atoms with Gasteiger partial charge >= 0.3 is 5.91 Å². The molecule has 0 radical (unpaired) electrons. The van der Waals surface area contributed by atoms with Gasteiger partial charge in [-0.15, -0.1) is 0 Å². The van der Waals surface area contributed by atoms with Gasteiger partial charge in [0.15, 0.2) is 0 Å². The quantitative estimate of drug-likeness (QED) is 0.632. The summed E-state index contributed by atoms with van der Waals surface area (Å²) in [5, 5.41) is 0. The summed E-state index contributed by atoms with van der Waals surface area (Å²) >= 11 is 0. The van der Waals surface area contributed by atoms with Crippen molar-refractivity contribution in [3.05, 3.63) is 42.9 Å². The highest BCUT2D eigenvalue weighted by Gasteiger charge is 2.10. The monoisotopic (exact) mass is 162 g/mol. The van der Waals surface area contributed by atoms with Gasteiger partial charge in [0, 0.05) is 12.4 Å². The van der Waals surface area contributed by atoms with E-state index in [1.54, 1.807) is 24.5 Å². The maximum absolute atomic E-state index is 11.4. The van der Waals surface area contributed by atoms with Crippen LogP contribution in [0, 0.1) is 0 Å². The molecule has 2 aromatic rings. The Kier molecular flexibility index (Phi) is 1.51. The molecule has 2 aromatic heterocycles. The predicted molar refractivity (Wildman–Crippen MR) is 40.7 cm³/mol. The van der Waals surface area contributed by atoms with E-state index >= 15 is 0 Å². The van der Waals surface area contributed by atoms with Crippen LogP contribution in [-0.4, -0.2) is 15.5 Å². The summed E-state index contributed by atoms with van der Waals surface area (Å²) in [6.07, 6.45) is 6.10. The zero-order chi connectivity index (χ0) is 8.39. The summed E-state index contributed by atoms with van der Waals surface area (Å²) in [7, 11) is 0. The van der Waals surface area contributed by atoms with Crippen LogP contribution in [0.5, 0.6) is 0 Å². The Hall–Kier alpha value is -1.84. The minimum atomic E-state index is -0.259. The van der Waals surface area contributed by atoms with Crippen molar-refractivity contribution in [1.29, 1.82) is 0 Å². The van der Waals surface area contributed by atoms with Crippen molar-refractivity contribution in [2.24, 2.45) is 0 Å². The number of carbonyl (C=O) groups excluding carboxylic acids is 1. The Labute approximate surface area is 68.4 Å². The summed E-state index contributed by atoms with van der Waals surface area (Å²) in [6.45, 7) is 0.